The van der Waals surface area contributed by atoms with Gasteiger partial charge in [0, 0.05) is 19.2 Å². The Morgan fingerprint density at radius 1 is 1.04 bits per heavy atom. The summed E-state index contributed by atoms with van der Waals surface area (Å²) in [6.45, 7) is 2.34. The summed E-state index contributed by atoms with van der Waals surface area (Å²) in [4.78, 5) is 5.99. The maximum Gasteiger partial charge on any atom is 0.191 e. The van der Waals surface area contributed by atoms with E-state index < -0.39 is 17.7 Å². The largest absolute Gasteiger partial charge is 0.354 e. The molecule has 2 atom stereocenters. The molecule has 0 saturated carbocycles. The smallest absolute Gasteiger partial charge is 0.191 e. The van der Waals surface area contributed by atoms with Crippen LogP contribution < -0.4 is 10.6 Å². The summed E-state index contributed by atoms with van der Waals surface area (Å²) in [6.07, 6.45) is 0. The maximum absolute atomic E-state index is 14.2. The zero-order chi connectivity index (χ0) is 19.1. The number of benzene rings is 2. The van der Waals surface area contributed by atoms with Gasteiger partial charge in [-0.25, -0.2) is 8.78 Å². The first kappa shape index (κ1) is 23.3. The van der Waals surface area contributed by atoms with Gasteiger partial charge >= 0.3 is 0 Å². The summed E-state index contributed by atoms with van der Waals surface area (Å²) in [5.41, 5.74) is 1.18. The van der Waals surface area contributed by atoms with Crippen LogP contribution in [0.4, 0.5) is 8.78 Å². The lowest BCUT2D eigenvalue weighted by Gasteiger charge is -2.27. The molecule has 0 heterocycles. The summed E-state index contributed by atoms with van der Waals surface area (Å²) in [7, 11) is 5.25. The Kier molecular flexibility index (Phi) is 9.65. The lowest BCUT2D eigenvalue weighted by Crippen LogP contribution is -2.43. The minimum Gasteiger partial charge on any atom is -0.354 e. The van der Waals surface area contributed by atoms with Crippen molar-refractivity contribution in [2.24, 2.45) is 4.99 Å². The normalized spacial score (nSPS) is 13.7. The molecule has 0 saturated heterocycles. The second kappa shape index (κ2) is 11.2. The minimum atomic E-state index is -0.550. The van der Waals surface area contributed by atoms with E-state index in [1.54, 1.807) is 26.0 Å². The molecule has 0 spiro atoms. The Morgan fingerprint density at radius 3 is 2.15 bits per heavy atom. The standard InChI is InChI=1S/C20H26F2N4.HI/c1-14(15-9-6-5-7-10-15)25-20(23-2)24-13-18(26(3)4)19-16(21)11-8-12-17(19)22;/h5-12,14,18H,13H2,1-4H3,(H2,23,24,25);1H. The van der Waals surface area contributed by atoms with E-state index in [1.165, 1.54) is 18.2 Å². The SMILES string of the molecule is CN=C(NCC(c1c(F)cccc1F)N(C)C)NC(C)c1ccccc1.I. The lowest BCUT2D eigenvalue weighted by atomic mass is 10.0. The number of hydrogen-bond donors (Lipinski definition) is 2. The van der Waals surface area contributed by atoms with Crippen molar-refractivity contribution < 1.29 is 8.78 Å². The van der Waals surface area contributed by atoms with E-state index in [0.29, 0.717) is 12.5 Å². The number of likely N-dealkylation sites (N-methyl/N-ethyl adjacent to an activating group) is 1. The predicted molar refractivity (Wildman–Crippen MR) is 118 cm³/mol. The van der Waals surface area contributed by atoms with Gasteiger partial charge in [-0.1, -0.05) is 36.4 Å². The fraction of sp³-hybridized carbons (Fsp3) is 0.350. The van der Waals surface area contributed by atoms with E-state index in [1.807, 2.05) is 37.3 Å². The first-order valence-electron chi connectivity index (χ1n) is 8.56. The number of guanidine groups is 1. The molecular weight excluding hydrogens is 461 g/mol. The van der Waals surface area contributed by atoms with Crippen LogP contribution in [0.2, 0.25) is 0 Å². The summed E-state index contributed by atoms with van der Waals surface area (Å²) in [5.74, 6) is -0.526. The molecule has 148 valence electrons. The Balaban J connectivity index is 0.00000364. The van der Waals surface area contributed by atoms with E-state index in [9.17, 15) is 8.78 Å². The van der Waals surface area contributed by atoms with Gasteiger partial charge in [-0.2, -0.15) is 0 Å². The zero-order valence-electron chi connectivity index (χ0n) is 16.0. The quantitative estimate of drug-likeness (QED) is 0.366. The fourth-order valence-corrected chi connectivity index (χ4v) is 2.79. The molecule has 2 aromatic rings. The molecule has 4 nitrogen and oxygen atoms in total. The van der Waals surface area contributed by atoms with Crippen molar-refractivity contribution in [3.05, 3.63) is 71.3 Å². The van der Waals surface area contributed by atoms with Crippen LogP contribution in [0.25, 0.3) is 0 Å². The van der Waals surface area contributed by atoms with E-state index in [4.69, 9.17) is 0 Å². The molecule has 0 amide bonds. The van der Waals surface area contributed by atoms with Crippen LogP contribution in [0.1, 0.15) is 30.1 Å². The lowest BCUT2D eigenvalue weighted by molar-refractivity contribution is 0.282. The molecule has 2 aromatic carbocycles. The van der Waals surface area contributed by atoms with Gasteiger partial charge in [-0.05, 0) is 38.7 Å². The molecule has 2 unspecified atom stereocenters. The number of aliphatic imine (C=N–C) groups is 1. The van der Waals surface area contributed by atoms with Crippen LogP contribution >= 0.6 is 24.0 Å². The third kappa shape index (κ3) is 6.42. The van der Waals surface area contributed by atoms with Crippen molar-refractivity contribution >= 4 is 29.9 Å². The van der Waals surface area contributed by atoms with Crippen molar-refractivity contribution in [2.75, 3.05) is 27.7 Å². The van der Waals surface area contributed by atoms with Gasteiger partial charge < -0.3 is 15.5 Å². The molecule has 27 heavy (non-hydrogen) atoms. The highest BCUT2D eigenvalue weighted by Crippen LogP contribution is 2.23. The van der Waals surface area contributed by atoms with E-state index in [2.05, 4.69) is 15.6 Å². The van der Waals surface area contributed by atoms with E-state index >= 15 is 0 Å². The first-order valence-corrected chi connectivity index (χ1v) is 8.56. The maximum atomic E-state index is 14.2. The molecule has 0 fully saturated rings. The Morgan fingerprint density at radius 2 is 1.63 bits per heavy atom. The van der Waals surface area contributed by atoms with Crippen molar-refractivity contribution in [1.29, 1.82) is 0 Å². The topological polar surface area (TPSA) is 39.7 Å². The van der Waals surface area contributed by atoms with Gasteiger partial charge in [0.25, 0.3) is 0 Å². The molecule has 0 bridgehead atoms. The molecule has 0 aliphatic rings. The van der Waals surface area contributed by atoms with E-state index in [0.717, 1.165) is 5.56 Å². The van der Waals surface area contributed by atoms with E-state index in [-0.39, 0.29) is 35.6 Å². The number of hydrogen-bond acceptors (Lipinski definition) is 2. The summed E-state index contributed by atoms with van der Waals surface area (Å²) in [6, 6.07) is 13.5. The third-order valence-corrected chi connectivity index (χ3v) is 4.30. The van der Waals surface area contributed by atoms with Crippen LogP contribution in [0.5, 0.6) is 0 Å². The van der Waals surface area contributed by atoms with Gasteiger partial charge in [0.05, 0.1) is 12.1 Å². The number of nitrogens with zero attached hydrogens (tertiary/aromatic N) is 2. The van der Waals surface area contributed by atoms with Crippen LogP contribution in [-0.4, -0.2) is 38.5 Å². The van der Waals surface area contributed by atoms with Crippen LogP contribution in [0.15, 0.2) is 53.5 Å². The van der Waals surface area contributed by atoms with Gasteiger partial charge in [0.15, 0.2) is 5.96 Å². The summed E-state index contributed by atoms with van der Waals surface area (Å²) >= 11 is 0. The predicted octanol–water partition coefficient (Wildman–Crippen LogP) is 4.11. The monoisotopic (exact) mass is 488 g/mol. The van der Waals surface area contributed by atoms with Crippen molar-refractivity contribution in [1.82, 2.24) is 15.5 Å². The number of halogens is 3. The molecule has 2 rings (SSSR count). The van der Waals surface area contributed by atoms with Crippen LogP contribution in [0.3, 0.4) is 0 Å². The first-order chi connectivity index (χ1) is 12.4. The second-order valence-corrected chi connectivity index (χ2v) is 6.34. The summed E-state index contributed by atoms with van der Waals surface area (Å²) in [5, 5.41) is 6.46. The van der Waals surface area contributed by atoms with Crippen molar-refractivity contribution in [2.45, 2.75) is 19.0 Å². The molecular formula is C20H27F2IN4. The molecule has 2 N–H and O–H groups in total. The highest BCUT2D eigenvalue weighted by molar-refractivity contribution is 14.0. The Bertz CT molecular complexity index is 718. The molecule has 0 aliphatic carbocycles. The van der Waals surface area contributed by atoms with Gasteiger partial charge in [0.1, 0.15) is 11.6 Å². The molecule has 0 aliphatic heterocycles. The highest BCUT2D eigenvalue weighted by Gasteiger charge is 2.22. The zero-order valence-corrected chi connectivity index (χ0v) is 18.4. The van der Waals surface area contributed by atoms with Crippen molar-refractivity contribution in [3.8, 4) is 0 Å². The number of rotatable bonds is 6. The Labute approximate surface area is 177 Å². The second-order valence-electron chi connectivity index (χ2n) is 6.34. The Hall–Kier alpha value is -1.74. The average Bonchev–Trinajstić information content (AvgIpc) is 2.63. The minimum absolute atomic E-state index is 0. The van der Waals surface area contributed by atoms with Gasteiger partial charge in [-0.15, -0.1) is 24.0 Å². The molecule has 0 aromatic heterocycles. The average molecular weight is 488 g/mol. The van der Waals surface area contributed by atoms with Gasteiger partial charge in [-0.3, -0.25) is 4.99 Å². The number of nitrogens with one attached hydrogen (secondary N) is 2. The highest BCUT2D eigenvalue weighted by atomic mass is 127. The third-order valence-electron chi connectivity index (χ3n) is 4.30. The molecule has 7 heteroatoms. The summed E-state index contributed by atoms with van der Waals surface area (Å²) < 4.78 is 28.3. The van der Waals surface area contributed by atoms with Gasteiger partial charge in [0.2, 0.25) is 0 Å². The van der Waals surface area contributed by atoms with Crippen LogP contribution in [0, 0.1) is 11.6 Å². The molecule has 0 radical (unpaired) electrons. The fourth-order valence-electron chi connectivity index (χ4n) is 2.79. The van der Waals surface area contributed by atoms with Crippen LogP contribution in [-0.2, 0) is 0 Å². The van der Waals surface area contributed by atoms with Crippen molar-refractivity contribution in [3.63, 3.8) is 0 Å².